The van der Waals surface area contributed by atoms with Crippen molar-refractivity contribution < 1.29 is 13.9 Å². The highest BCUT2D eigenvalue weighted by atomic mass is 79.9. The van der Waals surface area contributed by atoms with Crippen molar-refractivity contribution in [3.63, 3.8) is 0 Å². The molecule has 0 unspecified atom stereocenters. The summed E-state index contributed by atoms with van der Waals surface area (Å²) in [4.78, 5) is 12.3. The first-order chi connectivity index (χ1) is 9.02. The molecule has 2 aromatic carbocycles. The van der Waals surface area contributed by atoms with Gasteiger partial charge in [0.15, 0.2) is 5.78 Å². The summed E-state index contributed by atoms with van der Waals surface area (Å²) >= 11 is 6.37. The lowest BCUT2D eigenvalue weighted by atomic mass is 10.0. The molecule has 0 aliphatic rings. The monoisotopic (exact) mass is 386 g/mol. The summed E-state index contributed by atoms with van der Waals surface area (Å²) < 4.78 is 19.4. The van der Waals surface area contributed by atoms with Gasteiger partial charge in [0, 0.05) is 15.6 Å². The zero-order valence-corrected chi connectivity index (χ0v) is 13.1. The Kier molecular flexibility index (Phi) is 4.37. The lowest BCUT2D eigenvalue weighted by Crippen LogP contribution is -2.03. The average Bonchev–Trinajstić information content (AvgIpc) is 2.41. The fourth-order valence-corrected chi connectivity index (χ4v) is 2.38. The number of hydrogen-bond donors (Lipinski definition) is 0. The van der Waals surface area contributed by atoms with E-state index in [1.54, 1.807) is 31.4 Å². The van der Waals surface area contributed by atoms with Gasteiger partial charge < -0.3 is 4.74 Å². The maximum atomic E-state index is 13.4. The van der Waals surface area contributed by atoms with Crippen molar-refractivity contribution in [3.05, 3.63) is 62.3 Å². The van der Waals surface area contributed by atoms with Crippen LogP contribution in [-0.4, -0.2) is 12.9 Å². The lowest BCUT2D eigenvalue weighted by molar-refractivity contribution is 0.103. The Morgan fingerprint density at radius 1 is 1.11 bits per heavy atom. The van der Waals surface area contributed by atoms with Crippen LogP contribution in [0.1, 0.15) is 15.9 Å². The van der Waals surface area contributed by atoms with Crippen LogP contribution < -0.4 is 4.74 Å². The Morgan fingerprint density at radius 2 is 1.84 bits per heavy atom. The number of rotatable bonds is 3. The van der Waals surface area contributed by atoms with Crippen molar-refractivity contribution in [1.29, 1.82) is 0 Å². The number of methoxy groups -OCH3 is 1. The van der Waals surface area contributed by atoms with E-state index in [0.29, 0.717) is 25.8 Å². The van der Waals surface area contributed by atoms with Gasteiger partial charge in [0.2, 0.25) is 0 Å². The van der Waals surface area contributed by atoms with Gasteiger partial charge in [-0.2, -0.15) is 0 Å². The van der Waals surface area contributed by atoms with Gasteiger partial charge in [0.05, 0.1) is 11.6 Å². The first-order valence-electron chi connectivity index (χ1n) is 5.36. The van der Waals surface area contributed by atoms with Gasteiger partial charge in [0.1, 0.15) is 11.6 Å². The second-order valence-corrected chi connectivity index (χ2v) is 5.51. The Labute approximate surface area is 126 Å². The molecule has 0 N–H and O–H groups in total. The summed E-state index contributed by atoms with van der Waals surface area (Å²) in [5.74, 6) is -0.0678. The van der Waals surface area contributed by atoms with Crippen LogP contribution in [0.3, 0.4) is 0 Å². The van der Waals surface area contributed by atoms with Crippen molar-refractivity contribution in [2.24, 2.45) is 0 Å². The Morgan fingerprint density at radius 3 is 2.42 bits per heavy atom. The zero-order valence-electron chi connectivity index (χ0n) is 9.91. The molecule has 2 aromatic rings. The zero-order chi connectivity index (χ0) is 14.0. The smallest absolute Gasteiger partial charge is 0.194 e. The molecular weight excluding hydrogens is 379 g/mol. The molecule has 0 aliphatic heterocycles. The molecule has 5 heteroatoms. The Bertz CT molecular complexity index is 641. The molecule has 2 nitrogen and oxygen atoms in total. The van der Waals surface area contributed by atoms with Gasteiger partial charge in [-0.25, -0.2) is 4.39 Å². The van der Waals surface area contributed by atoms with Gasteiger partial charge in [-0.15, -0.1) is 0 Å². The maximum Gasteiger partial charge on any atom is 0.194 e. The van der Waals surface area contributed by atoms with E-state index < -0.39 is 5.82 Å². The molecular formula is C14H9Br2FO2. The van der Waals surface area contributed by atoms with Crippen molar-refractivity contribution in [3.8, 4) is 5.75 Å². The molecule has 0 saturated heterocycles. The van der Waals surface area contributed by atoms with Crippen LogP contribution in [0.25, 0.3) is 0 Å². The molecule has 0 radical (unpaired) electrons. The Hall–Kier alpha value is -1.20. The normalized spacial score (nSPS) is 10.3. The van der Waals surface area contributed by atoms with Crippen LogP contribution in [0.2, 0.25) is 0 Å². The summed E-state index contributed by atoms with van der Waals surface area (Å²) in [6.07, 6.45) is 0. The molecule has 0 amide bonds. The number of hydrogen-bond acceptors (Lipinski definition) is 2. The Balaban J connectivity index is 2.41. The summed E-state index contributed by atoms with van der Waals surface area (Å²) in [5, 5.41) is 0. The second-order valence-electron chi connectivity index (χ2n) is 3.80. The second kappa shape index (κ2) is 5.84. The van der Waals surface area contributed by atoms with Crippen LogP contribution in [0, 0.1) is 5.82 Å². The predicted molar refractivity (Wildman–Crippen MR) is 78.2 cm³/mol. The minimum atomic E-state index is -0.463. The number of ketones is 1. The van der Waals surface area contributed by atoms with Gasteiger partial charge in [-0.05, 0) is 68.3 Å². The van der Waals surface area contributed by atoms with E-state index in [1.165, 1.54) is 12.1 Å². The highest BCUT2D eigenvalue weighted by molar-refractivity contribution is 9.10. The topological polar surface area (TPSA) is 26.3 Å². The minimum Gasteiger partial charge on any atom is -0.497 e. The van der Waals surface area contributed by atoms with E-state index >= 15 is 0 Å². The van der Waals surface area contributed by atoms with E-state index in [4.69, 9.17) is 4.74 Å². The summed E-state index contributed by atoms with van der Waals surface area (Å²) in [6.45, 7) is 0. The van der Waals surface area contributed by atoms with E-state index in [0.717, 1.165) is 0 Å². The van der Waals surface area contributed by atoms with Gasteiger partial charge in [-0.3, -0.25) is 4.79 Å². The summed E-state index contributed by atoms with van der Waals surface area (Å²) in [6, 6.07) is 9.33. The minimum absolute atomic E-state index is 0.249. The number of carbonyl (C=O) groups is 1. The molecule has 98 valence electrons. The molecule has 0 spiro atoms. The average molecular weight is 388 g/mol. The standard InChI is InChI=1S/C14H9Br2FO2/c1-19-9-3-4-10(12(16)7-9)14(18)8-2-5-11(15)13(17)6-8/h2-7H,1H3. The predicted octanol–water partition coefficient (Wildman–Crippen LogP) is 4.59. The number of carbonyl (C=O) groups excluding carboxylic acids is 1. The van der Waals surface area contributed by atoms with E-state index in [9.17, 15) is 9.18 Å². The molecule has 0 bridgehead atoms. The lowest BCUT2D eigenvalue weighted by Gasteiger charge is -2.07. The summed E-state index contributed by atoms with van der Waals surface area (Å²) in [7, 11) is 1.55. The van der Waals surface area contributed by atoms with Crippen LogP contribution in [0.4, 0.5) is 4.39 Å². The molecule has 0 fully saturated rings. The van der Waals surface area contributed by atoms with E-state index in [1.807, 2.05) is 0 Å². The number of ether oxygens (including phenoxy) is 1. The first-order valence-corrected chi connectivity index (χ1v) is 6.95. The molecule has 0 atom stereocenters. The SMILES string of the molecule is COc1ccc(C(=O)c2ccc(Br)c(F)c2)c(Br)c1. The van der Waals surface area contributed by atoms with Gasteiger partial charge in [-0.1, -0.05) is 0 Å². The highest BCUT2D eigenvalue weighted by Crippen LogP contribution is 2.26. The van der Waals surface area contributed by atoms with E-state index in [-0.39, 0.29) is 5.78 Å². The molecule has 0 aliphatic carbocycles. The summed E-state index contributed by atoms with van der Waals surface area (Å²) in [5.41, 5.74) is 0.758. The molecule has 0 saturated carbocycles. The van der Waals surface area contributed by atoms with Crippen molar-refractivity contribution in [1.82, 2.24) is 0 Å². The van der Waals surface area contributed by atoms with E-state index in [2.05, 4.69) is 31.9 Å². The third-order valence-corrected chi connectivity index (χ3v) is 3.90. The molecule has 0 aromatic heterocycles. The fourth-order valence-electron chi connectivity index (χ4n) is 1.60. The van der Waals surface area contributed by atoms with Crippen molar-refractivity contribution >= 4 is 37.6 Å². The molecule has 2 rings (SSSR count). The third-order valence-electron chi connectivity index (χ3n) is 2.60. The van der Waals surface area contributed by atoms with Crippen LogP contribution >= 0.6 is 31.9 Å². The molecule has 19 heavy (non-hydrogen) atoms. The maximum absolute atomic E-state index is 13.4. The van der Waals surface area contributed by atoms with Crippen LogP contribution in [0.5, 0.6) is 5.75 Å². The largest absolute Gasteiger partial charge is 0.497 e. The number of benzene rings is 2. The van der Waals surface area contributed by atoms with Crippen LogP contribution in [0.15, 0.2) is 45.3 Å². The van der Waals surface area contributed by atoms with Crippen LogP contribution in [-0.2, 0) is 0 Å². The molecule has 0 heterocycles. The van der Waals surface area contributed by atoms with Gasteiger partial charge >= 0.3 is 0 Å². The van der Waals surface area contributed by atoms with Crippen molar-refractivity contribution in [2.75, 3.05) is 7.11 Å². The highest BCUT2D eigenvalue weighted by Gasteiger charge is 2.14. The third kappa shape index (κ3) is 3.04. The first kappa shape index (κ1) is 14.2. The number of halogens is 3. The fraction of sp³-hybridized carbons (Fsp3) is 0.0714. The van der Waals surface area contributed by atoms with Crippen molar-refractivity contribution in [2.45, 2.75) is 0 Å². The van der Waals surface area contributed by atoms with Gasteiger partial charge in [0.25, 0.3) is 0 Å². The quantitative estimate of drug-likeness (QED) is 0.720.